The van der Waals surface area contributed by atoms with Crippen LogP contribution in [0, 0.1) is 6.92 Å². The van der Waals surface area contributed by atoms with Crippen molar-refractivity contribution in [1.29, 1.82) is 0 Å². The highest BCUT2D eigenvalue weighted by Crippen LogP contribution is 2.21. The molecule has 21 heavy (non-hydrogen) atoms. The maximum Gasteiger partial charge on any atom is 0.175 e. The summed E-state index contributed by atoms with van der Waals surface area (Å²) in [5.74, 6) is 0.963. The number of rotatable bonds is 6. The van der Waals surface area contributed by atoms with Crippen molar-refractivity contribution in [3.8, 4) is 0 Å². The van der Waals surface area contributed by atoms with Gasteiger partial charge in [-0.1, -0.05) is 6.07 Å². The first-order valence-electron chi connectivity index (χ1n) is 6.96. The lowest BCUT2D eigenvalue weighted by atomic mass is 10.1. The van der Waals surface area contributed by atoms with Crippen LogP contribution in [0.3, 0.4) is 0 Å². The van der Waals surface area contributed by atoms with Gasteiger partial charge in [0.2, 0.25) is 0 Å². The van der Waals surface area contributed by atoms with E-state index in [0.29, 0.717) is 4.90 Å². The molecule has 1 N–H and O–H groups in total. The van der Waals surface area contributed by atoms with Gasteiger partial charge in [0.05, 0.1) is 11.2 Å². The Morgan fingerprint density at radius 2 is 2.05 bits per heavy atom. The lowest BCUT2D eigenvalue weighted by Gasteiger charge is -2.17. The molecule has 0 saturated carbocycles. The molecule has 4 nitrogen and oxygen atoms in total. The normalized spacial score (nSPS) is 13.1. The van der Waals surface area contributed by atoms with Gasteiger partial charge in [0.15, 0.2) is 9.84 Å². The molecule has 0 spiro atoms. The summed E-state index contributed by atoms with van der Waals surface area (Å²) < 4.78 is 28.6. The number of nitrogens with one attached hydrogen (secondary N) is 1. The second kappa shape index (κ2) is 6.35. The standard InChI is InChI=1S/C16H21NO3S/c1-12-6-9-15(21(3,18)19)11-16(12)17-13(2)7-8-14-5-4-10-20-14/h4-6,9-11,13,17H,7-8H2,1-3H3. The monoisotopic (exact) mass is 307 g/mol. The molecule has 0 aliphatic carbocycles. The Morgan fingerprint density at radius 1 is 1.29 bits per heavy atom. The maximum atomic E-state index is 11.6. The highest BCUT2D eigenvalue weighted by Gasteiger charge is 2.11. The van der Waals surface area contributed by atoms with Crippen LogP contribution in [0.15, 0.2) is 45.9 Å². The van der Waals surface area contributed by atoms with Crippen LogP contribution in [-0.2, 0) is 16.3 Å². The molecule has 0 saturated heterocycles. The quantitative estimate of drug-likeness (QED) is 0.888. The fourth-order valence-electron chi connectivity index (χ4n) is 2.14. The largest absolute Gasteiger partial charge is 0.469 e. The van der Waals surface area contributed by atoms with Crippen LogP contribution in [-0.4, -0.2) is 20.7 Å². The van der Waals surface area contributed by atoms with E-state index in [-0.39, 0.29) is 6.04 Å². The SMILES string of the molecule is Cc1ccc(S(C)(=O)=O)cc1NC(C)CCc1ccco1. The Bertz CT molecular complexity index is 690. The second-order valence-electron chi connectivity index (χ2n) is 5.41. The van der Waals surface area contributed by atoms with Gasteiger partial charge < -0.3 is 9.73 Å². The molecule has 1 heterocycles. The number of anilines is 1. The fourth-order valence-corrected chi connectivity index (χ4v) is 2.79. The van der Waals surface area contributed by atoms with Gasteiger partial charge in [-0.15, -0.1) is 0 Å². The Labute approximate surface area is 126 Å². The van der Waals surface area contributed by atoms with Crippen molar-refractivity contribution in [3.63, 3.8) is 0 Å². The number of sulfone groups is 1. The van der Waals surface area contributed by atoms with E-state index in [2.05, 4.69) is 12.2 Å². The summed E-state index contributed by atoms with van der Waals surface area (Å²) in [5, 5.41) is 3.38. The topological polar surface area (TPSA) is 59.3 Å². The molecule has 2 rings (SSSR count). The number of hydrogen-bond donors (Lipinski definition) is 1. The van der Waals surface area contributed by atoms with E-state index in [0.717, 1.165) is 29.9 Å². The molecule has 0 amide bonds. The molecule has 5 heteroatoms. The van der Waals surface area contributed by atoms with Gasteiger partial charge in [-0.3, -0.25) is 0 Å². The number of hydrogen-bond acceptors (Lipinski definition) is 4. The van der Waals surface area contributed by atoms with Crippen LogP contribution in [0.1, 0.15) is 24.7 Å². The Morgan fingerprint density at radius 3 is 2.67 bits per heavy atom. The van der Waals surface area contributed by atoms with Gasteiger partial charge in [-0.05, 0) is 50.1 Å². The molecule has 0 aliphatic heterocycles. The summed E-state index contributed by atoms with van der Waals surface area (Å²) in [6, 6.07) is 9.24. The van der Waals surface area contributed by atoms with Crippen LogP contribution >= 0.6 is 0 Å². The van der Waals surface area contributed by atoms with Crippen molar-refractivity contribution in [2.24, 2.45) is 0 Å². The average Bonchev–Trinajstić information content (AvgIpc) is 2.91. The van der Waals surface area contributed by atoms with E-state index in [1.165, 1.54) is 6.26 Å². The van der Waals surface area contributed by atoms with Gasteiger partial charge in [0.25, 0.3) is 0 Å². The van der Waals surface area contributed by atoms with Gasteiger partial charge in [0, 0.05) is 24.4 Å². The summed E-state index contributed by atoms with van der Waals surface area (Å²) in [4.78, 5) is 0.342. The van der Waals surface area contributed by atoms with Crippen LogP contribution in [0.5, 0.6) is 0 Å². The van der Waals surface area contributed by atoms with Gasteiger partial charge >= 0.3 is 0 Å². The van der Waals surface area contributed by atoms with Crippen LogP contribution < -0.4 is 5.32 Å². The molecule has 114 valence electrons. The van der Waals surface area contributed by atoms with Crippen molar-refractivity contribution in [1.82, 2.24) is 0 Å². The third-order valence-corrected chi connectivity index (χ3v) is 4.55. The van der Waals surface area contributed by atoms with Gasteiger partial charge in [0.1, 0.15) is 5.76 Å². The molecule has 1 aromatic heterocycles. The minimum Gasteiger partial charge on any atom is -0.469 e. The van der Waals surface area contributed by atoms with Crippen LogP contribution in [0.4, 0.5) is 5.69 Å². The predicted octanol–water partition coefficient (Wildman–Crippen LogP) is 3.42. The molecular formula is C16H21NO3S. The summed E-state index contributed by atoms with van der Waals surface area (Å²) in [7, 11) is -3.18. The molecule has 1 aromatic carbocycles. The van der Waals surface area contributed by atoms with Crippen molar-refractivity contribution in [2.75, 3.05) is 11.6 Å². The first-order chi connectivity index (χ1) is 9.86. The molecule has 0 aliphatic rings. The Kier molecular flexibility index (Phi) is 4.73. The van der Waals surface area contributed by atoms with E-state index in [1.807, 2.05) is 25.1 Å². The summed E-state index contributed by atoms with van der Waals surface area (Å²) >= 11 is 0. The molecule has 0 radical (unpaired) electrons. The minimum absolute atomic E-state index is 0.226. The molecule has 0 fully saturated rings. The summed E-state index contributed by atoms with van der Waals surface area (Å²) in [6.45, 7) is 4.04. The lowest BCUT2D eigenvalue weighted by Crippen LogP contribution is -2.17. The number of furan rings is 1. The van der Waals surface area contributed by atoms with E-state index >= 15 is 0 Å². The first kappa shape index (κ1) is 15.6. The predicted molar refractivity (Wildman–Crippen MR) is 84.4 cm³/mol. The second-order valence-corrected chi connectivity index (χ2v) is 7.43. The first-order valence-corrected chi connectivity index (χ1v) is 8.85. The highest BCUT2D eigenvalue weighted by molar-refractivity contribution is 7.90. The zero-order chi connectivity index (χ0) is 15.5. The van der Waals surface area contributed by atoms with Gasteiger partial charge in [-0.2, -0.15) is 0 Å². The van der Waals surface area contributed by atoms with Crippen LogP contribution in [0.25, 0.3) is 0 Å². The molecule has 0 bridgehead atoms. The minimum atomic E-state index is -3.18. The lowest BCUT2D eigenvalue weighted by molar-refractivity contribution is 0.495. The highest BCUT2D eigenvalue weighted by atomic mass is 32.2. The number of benzene rings is 1. The van der Waals surface area contributed by atoms with Crippen molar-refractivity contribution in [3.05, 3.63) is 47.9 Å². The Balaban J connectivity index is 2.04. The summed E-state index contributed by atoms with van der Waals surface area (Å²) in [5.41, 5.74) is 1.90. The average molecular weight is 307 g/mol. The number of aryl methyl sites for hydroxylation is 2. The third-order valence-electron chi connectivity index (χ3n) is 3.44. The third kappa shape index (κ3) is 4.36. The van der Waals surface area contributed by atoms with E-state index in [1.54, 1.807) is 18.4 Å². The van der Waals surface area contributed by atoms with E-state index in [4.69, 9.17) is 4.42 Å². The van der Waals surface area contributed by atoms with Crippen molar-refractivity contribution >= 4 is 15.5 Å². The van der Waals surface area contributed by atoms with E-state index in [9.17, 15) is 8.42 Å². The van der Waals surface area contributed by atoms with Gasteiger partial charge in [-0.25, -0.2) is 8.42 Å². The molecular weight excluding hydrogens is 286 g/mol. The zero-order valence-electron chi connectivity index (χ0n) is 12.6. The Hall–Kier alpha value is -1.75. The van der Waals surface area contributed by atoms with E-state index < -0.39 is 9.84 Å². The zero-order valence-corrected chi connectivity index (χ0v) is 13.4. The maximum absolute atomic E-state index is 11.6. The smallest absolute Gasteiger partial charge is 0.175 e. The molecule has 1 unspecified atom stereocenters. The van der Waals surface area contributed by atoms with Crippen LogP contribution in [0.2, 0.25) is 0 Å². The fraction of sp³-hybridized carbons (Fsp3) is 0.375. The van der Waals surface area contributed by atoms with Crippen molar-refractivity contribution < 1.29 is 12.8 Å². The van der Waals surface area contributed by atoms with Crippen molar-refractivity contribution in [2.45, 2.75) is 37.6 Å². The summed E-state index contributed by atoms with van der Waals surface area (Å²) in [6.07, 6.45) is 4.66. The molecule has 1 atom stereocenters. The molecule has 2 aromatic rings.